The Balaban J connectivity index is 5.30. The van der Waals surface area contributed by atoms with Crippen molar-refractivity contribution in [1.29, 1.82) is 0 Å². The summed E-state index contributed by atoms with van der Waals surface area (Å²) >= 11 is 0. The third-order valence-electron chi connectivity index (χ3n) is 2.57. The fourth-order valence-electron chi connectivity index (χ4n) is 1.12. The van der Waals surface area contributed by atoms with Crippen LogP contribution >= 0.6 is 0 Å². The lowest BCUT2D eigenvalue weighted by molar-refractivity contribution is -0.177. The monoisotopic (exact) mass is 245 g/mol. The molecule has 0 aromatic carbocycles. The molecule has 0 unspecified atom stereocenters. The van der Waals surface area contributed by atoms with Crippen molar-refractivity contribution in [2.75, 3.05) is 0 Å². The van der Waals surface area contributed by atoms with Crippen LogP contribution in [0.2, 0.25) is 0 Å². The number of carboxylic acid groups (broad SMARTS) is 1. The maximum absolute atomic E-state index is 11.9. The van der Waals surface area contributed by atoms with Crippen LogP contribution < -0.4 is 5.73 Å². The van der Waals surface area contributed by atoms with Crippen LogP contribution in [0.15, 0.2) is 0 Å². The van der Waals surface area contributed by atoms with Gasteiger partial charge in [-0.05, 0) is 27.7 Å². The van der Waals surface area contributed by atoms with Crippen molar-refractivity contribution in [3.05, 3.63) is 0 Å². The lowest BCUT2D eigenvalue weighted by Gasteiger charge is -2.31. The minimum atomic E-state index is -1.88. The first-order valence-electron chi connectivity index (χ1n) is 5.19. The van der Waals surface area contributed by atoms with Crippen LogP contribution in [0, 0.1) is 11.3 Å². The molecule has 17 heavy (non-hydrogen) atoms. The number of ether oxygens (including phenoxy) is 1. The number of aliphatic carboxylic acids is 1. The van der Waals surface area contributed by atoms with Gasteiger partial charge < -0.3 is 15.6 Å². The van der Waals surface area contributed by atoms with Crippen LogP contribution in [0.3, 0.4) is 0 Å². The van der Waals surface area contributed by atoms with Gasteiger partial charge in [-0.2, -0.15) is 0 Å². The molecule has 0 aliphatic rings. The van der Waals surface area contributed by atoms with Gasteiger partial charge in [0.25, 0.3) is 0 Å². The Morgan fingerprint density at radius 2 is 1.59 bits per heavy atom. The maximum atomic E-state index is 11.9. The molecule has 0 rings (SSSR count). The van der Waals surface area contributed by atoms with E-state index in [0.717, 1.165) is 0 Å². The summed E-state index contributed by atoms with van der Waals surface area (Å²) in [5.74, 6) is -4.47. The topological polar surface area (TPSA) is 107 Å². The number of primary amides is 1. The van der Waals surface area contributed by atoms with Crippen molar-refractivity contribution in [2.24, 2.45) is 17.1 Å². The number of amides is 1. The molecule has 0 bridgehead atoms. The van der Waals surface area contributed by atoms with Crippen molar-refractivity contribution >= 4 is 17.8 Å². The Morgan fingerprint density at radius 1 is 1.18 bits per heavy atom. The molecule has 0 aliphatic carbocycles. The predicted molar refractivity (Wildman–Crippen MR) is 59.9 cm³/mol. The van der Waals surface area contributed by atoms with Crippen LogP contribution in [0.25, 0.3) is 0 Å². The minimum absolute atomic E-state index is 0.813. The lowest BCUT2D eigenvalue weighted by atomic mass is 9.77. The van der Waals surface area contributed by atoms with Gasteiger partial charge in [-0.3, -0.25) is 14.4 Å². The molecule has 0 saturated carbocycles. The predicted octanol–water partition coefficient (Wildman–Crippen LogP) is 0.540. The summed E-state index contributed by atoms with van der Waals surface area (Å²) < 4.78 is 5.03. The number of rotatable bonds is 4. The zero-order valence-electron chi connectivity index (χ0n) is 10.7. The Kier molecular flexibility index (Phi) is 4.29. The summed E-state index contributed by atoms with van der Waals surface area (Å²) in [5.41, 5.74) is 2.44. The smallest absolute Gasteiger partial charge is 0.322 e. The summed E-state index contributed by atoms with van der Waals surface area (Å²) in [6.45, 7) is 7.30. The van der Waals surface area contributed by atoms with E-state index < -0.39 is 34.8 Å². The molecule has 0 saturated heterocycles. The van der Waals surface area contributed by atoms with Crippen LogP contribution in [-0.4, -0.2) is 28.6 Å². The number of carbonyl (C=O) groups excluding carboxylic acids is 2. The first-order chi connectivity index (χ1) is 7.43. The summed E-state index contributed by atoms with van der Waals surface area (Å²) in [7, 11) is 0. The Hall–Kier alpha value is -1.59. The molecule has 3 N–H and O–H groups in total. The zero-order valence-corrected chi connectivity index (χ0v) is 10.7. The number of hydrogen-bond acceptors (Lipinski definition) is 4. The standard InChI is InChI=1S/C11H19NO5/c1-6(7(13)14)11(5,8(12)15)9(16)17-10(2,3)4/h6H,1-5H3,(H2,12,15)(H,13,14)/t6-,11-/m1/s1. The highest BCUT2D eigenvalue weighted by Gasteiger charge is 2.50. The van der Waals surface area contributed by atoms with Crippen LogP contribution in [0.5, 0.6) is 0 Å². The van der Waals surface area contributed by atoms with E-state index in [1.54, 1.807) is 20.8 Å². The Morgan fingerprint density at radius 3 is 1.82 bits per heavy atom. The van der Waals surface area contributed by atoms with E-state index >= 15 is 0 Å². The average Bonchev–Trinajstić information content (AvgIpc) is 2.11. The maximum Gasteiger partial charge on any atom is 0.322 e. The number of hydrogen-bond donors (Lipinski definition) is 2. The molecule has 0 aromatic heterocycles. The largest absolute Gasteiger partial charge is 0.481 e. The number of carboxylic acids is 1. The van der Waals surface area contributed by atoms with Gasteiger partial charge in [0.05, 0.1) is 5.92 Å². The van der Waals surface area contributed by atoms with E-state index in [9.17, 15) is 14.4 Å². The van der Waals surface area contributed by atoms with Crippen molar-refractivity contribution in [3.63, 3.8) is 0 Å². The highest BCUT2D eigenvalue weighted by atomic mass is 16.6. The second-order valence-corrected chi connectivity index (χ2v) is 5.13. The highest BCUT2D eigenvalue weighted by molar-refractivity contribution is 6.05. The zero-order chi connectivity index (χ0) is 14.0. The van der Waals surface area contributed by atoms with Crippen LogP contribution in [0.4, 0.5) is 0 Å². The summed E-state index contributed by atoms with van der Waals surface area (Å²) in [5, 5.41) is 8.90. The SMILES string of the molecule is C[C@H](C(=O)O)[C@](C)(C(N)=O)C(=O)OC(C)(C)C. The van der Waals surface area contributed by atoms with Crippen molar-refractivity contribution in [1.82, 2.24) is 0 Å². The molecule has 6 heteroatoms. The molecule has 0 aliphatic heterocycles. The molecule has 6 nitrogen and oxygen atoms in total. The average molecular weight is 245 g/mol. The summed E-state index contributed by atoms with van der Waals surface area (Å²) in [6, 6.07) is 0. The van der Waals surface area contributed by atoms with Gasteiger partial charge in [-0.1, -0.05) is 6.92 Å². The van der Waals surface area contributed by atoms with Gasteiger partial charge in [-0.25, -0.2) is 0 Å². The normalized spacial score (nSPS) is 16.8. The number of nitrogens with two attached hydrogens (primary N) is 1. The minimum Gasteiger partial charge on any atom is -0.481 e. The fourth-order valence-corrected chi connectivity index (χ4v) is 1.12. The molecule has 1 amide bonds. The van der Waals surface area contributed by atoms with E-state index in [1.807, 2.05) is 0 Å². The molecule has 0 aromatic rings. The fraction of sp³-hybridized carbons (Fsp3) is 0.727. The Bertz CT molecular complexity index is 344. The van der Waals surface area contributed by atoms with Crippen LogP contribution in [-0.2, 0) is 19.1 Å². The van der Waals surface area contributed by atoms with Gasteiger partial charge >= 0.3 is 11.9 Å². The van der Waals surface area contributed by atoms with Crippen molar-refractivity contribution < 1.29 is 24.2 Å². The molecule has 98 valence electrons. The number of carbonyl (C=O) groups is 3. The van der Waals surface area contributed by atoms with Gasteiger partial charge in [0.1, 0.15) is 5.60 Å². The van der Waals surface area contributed by atoms with Crippen LogP contribution in [0.1, 0.15) is 34.6 Å². The van der Waals surface area contributed by atoms with Crippen molar-refractivity contribution in [3.8, 4) is 0 Å². The molecular weight excluding hydrogens is 226 g/mol. The quantitative estimate of drug-likeness (QED) is 0.555. The summed E-state index contributed by atoms with van der Waals surface area (Å²) in [6.07, 6.45) is 0. The molecule has 2 atom stereocenters. The van der Waals surface area contributed by atoms with Gasteiger partial charge in [0, 0.05) is 0 Å². The van der Waals surface area contributed by atoms with E-state index in [2.05, 4.69) is 0 Å². The third kappa shape index (κ3) is 3.44. The molecule has 0 spiro atoms. The molecule has 0 fully saturated rings. The lowest BCUT2D eigenvalue weighted by Crippen LogP contribution is -2.51. The summed E-state index contributed by atoms with van der Waals surface area (Å²) in [4.78, 5) is 34.1. The Labute approximate surface area is 100 Å². The van der Waals surface area contributed by atoms with Crippen molar-refractivity contribution in [2.45, 2.75) is 40.2 Å². The first-order valence-corrected chi connectivity index (χ1v) is 5.19. The third-order valence-corrected chi connectivity index (χ3v) is 2.57. The molecular formula is C11H19NO5. The molecule has 0 heterocycles. The van der Waals surface area contributed by atoms with Gasteiger partial charge in [0.2, 0.25) is 5.91 Å². The molecule has 0 radical (unpaired) electrons. The second kappa shape index (κ2) is 4.73. The van der Waals surface area contributed by atoms with E-state index in [1.165, 1.54) is 13.8 Å². The first kappa shape index (κ1) is 15.4. The highest BCUT2D eigenvalue weighted by Crippen LogP contribution is 2.30. The van der Waals surface area contributed by atoms with E-state index in [0.29, 0.717) is 0 Å². The van der Waals surface area contributed by atoms with Gasteiger partial charge in [-0.15, -0.1) is 0 Å². The number of esters is 1. The second-order valence-electron chi connectivity index (χ2n) is 5.13. The van der Waals surface area contributed by atoms with E-state index in [-0.39, 0.29) is 0 Å². The van der Waals surface area contributed by atoms with Gasteiger partial charge in [0.15, 0.2) is 5.41 Å². The van der Waals surface area contributed by atoms with E-state index in [4.69, 9.17) is 15.6 Å².